The van der Waals surface area contributed by atoms with Crippen LogP contribution in [0.2, 0.25) is 0 Å². The molecule has 0 bridgehead atoms. The number of nitrogens with one attached hydrogen (secondary N) is 1. The fourth-order valence-electron chi connectivity index (χ4n) is 2.63. The first-order chi connectivity index (χ1) is 10.9. The molecule has 2 aromatic rings. The minimum Gasteiger partial charge on any atom is -0.461 e. The fourth-order valence-corrected chi connectivity index (χ4v) is 2.63. The predicted octanol–water partition coefficient (Wildman–Crippen LogP) is 3.38. The number of anilines is 1. The molecule has 1 aromatic carbocycles. The van der Waals surface area contributed by atoms with Crippen LogP contribution in [0.15, 0.2) is 24.3 Å². The summed E-state index contributed by atoms with van der Waals surface area (Å²) in [5, 5.41) is 2.87. The number of esters is 1. The summed E-state index contributed by atoms with van der Waals surface area (Å²) in [5.41, 5.74) is 4.14. The zero-order valence-corrected chi connectivity index (χ0v) is 14.2. The lowest BCUT2D eigenvalue weighted by molar-refractivity contribution is 0.0514. The predicted molar refractivity (Wildman–Crippen MR) is 90.0 cm³/mol. The van der Waals surface area contributed by atoms with Crippen LogP contribution >= 0.6 is 0 Å². The number of amides is 1. The molecule has 1 amide bonds. The fraction of sp³-hybridized carbons (Fsp3) is 0.333. The van der Waals surface area contributed by atoms with Crippen molar-refractivity contribution in [3.05, 3.63) is 52.3 Å². The van der Waals surface area contributed by atoms with Crippen molar-refractivity contribution >= 4 is 17.6 Å². The number of benzene rings is 1. The first kappa shape index (κ1) is 16.8. The second-order valence-corrected chi connectivity index (χ2v) is 5.53. The van der Waals surface area contributed by atoms with Gasteiger partial charge in [0.1, 0.15) is 5.69 Å². The summed E-state index contributed by atoms with van der Waals surface area (Å²) >= 11 is 0. The van der Waals surface area contributed by atoms with Crippen molar-refractivity contribution in [2.75, 3.05) is 11.9 Å². The van der Waals surface area contributed by atoms with E-state index in [1.54, 1.807) is 25.5 Å². The van der Waals surface area contributed by atoms with Crippen molar-refractivity contribution in [1.29, 1.82) is 0 Å². The van der Waals surface area contributed by atoms with Crippen LogP contribution in [0, 0.1) is 20.8 Å². The van der Waals surface area contributed by atoms with Crippen molar-refractivity contribution in [1.82, 2.24) is 4.57 Å². The average molecular weight is 314 g/mol. The topological polar surface area (TPSA) is 60.3 Å². The molecule has 0 saturated heterocycles. The molecule has 0 saturated carbocycles. The second kappa shape index (κ2) is 6.69. The summed E-state index contributed by atoms with van der Waals surface area (Å²) in [5.74, 6) is -0.639. The Bertz CT molecular complexity index is 743. The average Bonchev–Trinajstić information content (AvgIpc) is 2.72. The first-order valence-electron chi connectivity index (χ1n) is 7.57. The third-order valence-corrected chi connectivity index (χ3v) is 3.94. The second-order valence-electron chi connectivity index (χ2n) is 5.53. The highest BCUT2D eigenvalue weighted by Gasteiger charge is 2.25. The molecule has 1 N–H and O–H groups in total. The molecule has 122 valence electrons. The van der Waals surface area contributed by atoms with Crippen LogP contribution in [0.1, 0.15) is 44.6 Å². The Balaban J connectivity index is 2.35. The number of carbonyl (C=O) groups excluding carboxylic acids is 2. The highest BCUT2D eigenvalue weighted by molar-refractivity contribution is 6.08. The number of hydrogen-bond donors (Lipinski definition) is 1. The van der Waals surface area contributed by atoms with E-state index in [9.17, 15) is 9.59 Å². The zero-order chi connectivity index (χ0) is 17.1. The molecule has 0 atom stereocenters. The van der Waals surface area contributed by atoms with Gasteiger partial charge in [0.25, 0.3) is 5.91 Å². The maximum absolute atomic E-state index is 12.6. The van der Waals surface area contributed by atoms with Gasteiger partial charge < -0.3 is 14.6 Å². The summed E-state index contributed by atoms with van der Waals surface area (Å²) in [6.07, 6.45) is 0. The molecular weight excluding hydrogens is 292 g/mol. The molecule has 1 heterocycles. The largest absolute Gasteiger partial charge is 0.461 e. The standard InChI is InChI=1S/C18H22N2O3/c1-6-23-18(22)16-12(3)15(13(4)20(16)5)17(21)19-14-9-7-11(2)8-10-14/h7-10H,6H2,1-5H3,(H,19,21). The maximum Gasteiger partial charge on any atom is 0.355 e. The van der Waals surface area contributed by atoms with Gasteiger partial charge in [0.05, 0.1) is 12.2 Å². The van der Waals surface area contributed by atoms with Crippen LogP contribution in [-0.4, -0.2) is 23.1 Å². The third kappa shape index (κ3) is 3.28. The van der Waals surface area contributed by atoms with Gasteiger partial charge in [-0.2, -0.15) is 0 Å². The Morgan fingerprint density at radius 2 is 1.74 bits per heavy atom. The molecule has 0 fully saturated rings. The van der Waals surface area contributed by atoms with Gasteiger partial charge >= 0.3 is 5.97 Å². The molecule has 0 aliphatic heterocycles. The van der Waals surface area contributed by atoms with Crippen LogP contribution in [-0.2, 0) is 11.8 Å². The third-order valence-electron chi connectivity index (χ3n) is 3.94. The quantitative estimate of drug-likeness (QED) is 0.880. The van der Waals surface area contributed by atoms with E-state index >= 15 is 0 Å². The van der Waals surface area contributed by atoms with Gasteiger partial charge in [-0.05, 0) is 45.4 Å². The summed E-state index contributed by atoms with van der Waals surface area (Å²) in [6.45, 7) is 7.63. The summed E-state index contributed by atoms with van der Waals surface area (Å²) in [7, 11) is 1.76. The van der Waals surface area contributed by atoms with E-state index in [1.165, 1.54) is 0 Å². The van der Waals surface area contributed by atoms with E-state index in [-0.39, 0.29) is 5.91 Å². The Hall–Kier alpha value is -2.56. The van der Waals surface area contributed by atoms with Gasteiger partial charge in [0.15, 0.2) is 0 Å². The van der Waals surface area contributed by atoms with E-state index in [2.05, 4.69) is 5.32 Å². The molecule has 0 radical (unpaired) electrons. The van der Waals surface area contributed by atoms with Crippen LogP contribution in [0.3, 0.4) is 0 Å². The van der Waals surface area contributed by atoms with Gasteiger partial charge in [-0.3, -0.25) is 4.79 Å². The van der Waals surface area contributed by atoms with Crippen molar-refractivity contribution in [2.24, 2.45) is 7.05 Å². The number of aryl methyl sites for hydroxylation is 1. The van der Waals surface area contributed by atoms with Crippen molar-refractivity contribution in [3.8, 4) is 0 Å². The molecule has 23 heavy (non-hydrogen) atoms. The Morgan fingerprint density at radius 3 is 2.30 bits per heavy atom. The molecule has 0 aliphatic rings. The lowest BCUT2D eigenvalue weighted by Crippen LogP contribution is -2.14. The Morgan fingerprint density at radius 1 is 1.13 bits per heavy atom. The van der Waals surface area contributed by atoms with E-state index in [4.69, 9.17) is 4.74 Å². The van der Waals surface area contributed by atoms with Gasteiger partial charge in [0.2, 0.25) is 0 Å². The van der Waals surface area contributed by atoms with Gasteiger partial charge in [0, 0.05) is 18.4 Å². The normalized spacial score (nSPS) is 10.5. The van der Waals surface area contributed by atoms with E-state index in [1.807, 2.05) is 38.1 Å². The first-order valence-corrected chi connectivity index (χ1v) is 7.57. The van der Waals surface area contributed by atoms with Crippen LogP contribution in [0.25, 0.3) is 0 Å². The van der Waals surface area contributed by atoms with Crippen molar-refractivity contribution in [2.45, 2.75) is 27.7 Å². The summed E-state index contributed by atoms with van der Waals surface area (Å²) in [4.78, 5) is 24.7. The molecule has 5 heteroatoms. The monoisotopic (exact) mass is 314 g/mol. The molecule has 0 unspecified atom stereocenters. The van der Waals surface area contributed by atoms with E-state index < -0.39 is 5.97 Å². The summed E-state index contributed by atoms with van der Waals surface area (Å²) < 4.78 is 6.78. The van der Waals surface area contributed by atoms with Crippen LogP contribution in [0.4, 0.5) is 5.69 Å². The number of hydrogen-bond acceptors (Lipinski definition) is 3. The van der Waals surface area contributed by atoms with Crippen LogP contribution in [0.5, 0.6) is 0 Å². The lowest BCUT2D eigenvalue weighted by atomic mass is 10.1. The minimum atomic E-state index is -0.412. The van der Waals surface area contributed by atoms with Gasteiger partial charge in [-0.1, -0.05) is 17.7 Å². The van der Waals surface area contributed by atoms with E-state index in [0.29, 0.717) is 23.4 Å². The van der Waals surface area contributed by atoms with Crippen LogP contribution < -0.4 is 5.32 Å². The molecule has 5 nitrogen and oxygen atoms in total. The number of rotatable bonds is 4. The molecule has 0 aliphatic carbocycles. The van der Waals surface area contributed by atoms with Crippen molar-refractivity contribution in [3.63, 3.8) is 0 Å². The number of ether oxygens (including phenoxy) is 1. The highest BCUT2D eigenvalue weighted by atomic mass is 16.5. The Labute approximate surface area is 136 Å². The number of carbonyl (C=O) groups is 2. The Kier molecular flexibility index (Phi) is 4.89. The minimum absolute atomic E-state index is 0.227. The number of nitrogens with zero attached hydrogens (tertiary/aromatic N) is 1. The molecule has 2 rings (SSSR count). The molecular formula is C18H22N2O3. The zero-order valence-electron chi connectivity index (χ0n) is 14.2. The number of aromatic nitrogens is 1. The smallest absolute Gasteiger partial charge is 0.355 e. The molecule has 0 spiro atoms. The lowest BCUT2D eigenvalue weighted by Gasteiger charge is -2.06. The van der Waals surface area contributed by atoms with Gasteiger partial charge in [-0.15, -0.1) is 0 Å². The van der Waals surface area contributed by atoms with Crippen molar-refractivity contribution < 1.29 is 14.3 Å². The van der Waals surface area contributed by atoms with E-state index in [0.717, 1.165) is 16.9 Å². The molecule has 1 aromatic heterocycles. The summed E-state index contributed by atoms with van der Waals surface area (Å²) in [6, 6.07) is 7.58. The SMILES string of the molecule is CCOC(=O)c1c(C)c(C(=O)Nc2ccc(C)cc2)c(C)n1C. The van der Waals surface area contributed by atoms with Gasteiger partial charge in [-0.25, -0.2) is 4.79 Å². The highest BCUT2D eigenvalue weighted by Crippen LogP contribution is 2.23. The maximum atomic E-state index is 12.6.